The summed E-state index contributed by atoms with van der Waals surface area (Å²) >= 11 is 3.34. The minimum absolute atomic E-state index is 0.102. The molecule has 0 bridgehead atoms. The SMILES string of the molecule is CC1CCc2[nH]c3ccc(C(=O)N/N=C\c4cc(Br)ccc4O)cc3c2C1. The number of aromatic hydroxyl groups is 1. The molecule has 0 fully saturated rings. The molecule has 1 amide bonds. The lowest BCUT2D eigenvalue weighted by atomic mass is 9.87. The number of halogens is 1. The van der Waals surface area contributed by atoms with Crippen LogP contribution in [0, 0.1) is 5.92 Å². The van der Waals surface area contributed by atoms with Crippen molar-refractivity contribution in [2.75, 3.05) is 0 Å². The van der Waals surface area contributed by atoms with Crippen LogP contribution in [0.3, 0.4) is 0 Å². The number of hydrogen-bond donors (Lipinski definition) is 3. The third-order valence-corrected chi connectivity index (χ3v) is 5.55. The van der Waals surface area contributed by atoms with Gasteiger partial charge in [-0.15, -0.1) is 0 Å². The minimum atomic E-state index is -0.276. The van der Waals surface area contributed by atoms with Gasteiger partial charge in [0.05, 0.1) is 6.21 Å². The van der Waals surface area contributed by atoms with Crippen molar-refractivity contribution in [2.45, 2.75) is 26.2 Å². The highest BCUT2D eigenvalue weighted by Crippen LogP contribution is 2.32. The van der Waals surface area contributed by atoms with Gasteiger partial charge in [-0.3, -0.25) is 4.79 Å². The number of H-pyrrole nitrogens is 1. The Labute approximate surface area is 165 Å². The highest BCUT2D eigenvalue weighted by molar-refractivity contribution is 9.10. The topological polar surface area (TPSA) is 77.5 Å². The third-order valence-electron chi connectivity index (χ3n) is 5.06. The van der Waals surface area contributed by atoms with Gasteiger partial charge in [0.2, 0.25) is 0 Å². The van der Waals surface area contributed by atoms with Gasteiger partial charge < -0.3 is 10.1 Å². The number of nitrogens with zero attached hydrogens (tertiary/aromatic N) is 1. The molecule has 1 heterocycles. The second kappa shape index (κ2) is 7.19. The van der Waals surface area contributed by atoms with Crippen LogP contribution in [-0.4, -0.2) is 22.2 Å². The van der Waals surface area contributed by atoms with Gasteiger partial charge in [-0.25, -0.2) is 5.43 Å². The first-order valence-electron chi connectivity index (χ1n) is 8.96. The summed E-state index contributed by atoms with van der Waals surface area (Å²) in [6, 6.07) is 10.7. The summed E-state index contributed by atoms with van der Waals surface area (Å²) in [6.07, 6.45) is 4.73. The predicted octanol–water partition coefficient (Wildman–Crippen LogP) is 4.52. The standard InChI is InChI=1S/C21H20BrN3O2/c1-12-2-5-18-16(8-12)17-10-13(3-6-19(17)24-18)21(27)25-23-11-14-9-15(22)4-7-20(14)26/h3-4,6-7,9-12,24,26H,2,5,8H2,1H3,(H,25,27)/b23-11-. The van der Waals surface area contributed by atoms with Crippen molar-refractivity contribution in [2.24, 2.45) is 11.0 Å². The van der Waals surface area contributed by atoms with Gasteiger partial charge >= 0.3 is 0 Å². The van der Waals surface area contributed by atoms with Crippen LogP contribution in [0.4, 0.5) is 0 Å². The molecule has 2 aromatic carbocycles. The average Bonchev–Trinajstić information content (AvgIpc) is 3.01. The van der Waals surface area contributed by atoms with Gasteiger partial charge in [-0.2, -0.15) is 5.10 Å². The molecule has 1 unspecified atom stereocenters. The van der Waals surface area contributed by atoms with Gasteiger partial charge in [-0.05, 0) is 67.1 Å². The Morgan fingerprint density at radius 1 is 1.33 bits per heavy atom. The molecule has 0 spiro atoms. The number of hydrogen-bond acceptors (Lipinski definition) is 3. The molecule has 1 aromatic heterocycles. The van der Waals surface area contributed by atoms with Crippen LogP contribution in [-0.2, 0) is 12.8 Å². The normalized spacial score (nSPS) is 16.6. The number of rotatable bonds is 3. The number of amides is 1. The second-order valence-corrected chi connectivity index (χ2v) is 8.01. The van der Waals surface area contributed by atoms with E-state index in [1.165, 1.54) is 23.9 Å². The van der Waals surface area contributed by atoms with E-state index >= 15 is 0 Å². The zero-order valence-corrected chi connectivity index (χ0v) is 16.5. The van der Waals surface area contributed by atoms with Crippen LogP contribution in [0.25, 0.3) is 10.9 Å². The van der Waals surface area contributed by atoms with E-state index in [4.69, 9.17) is 0 Å². The maximum absolute atomic E-state index is 12.5. The van der Waals surface area contributed by atoms with E-state index in [-0.39, 0.29) is 11.7 Å². The number of hydrazone groups is 1. The van der Waals surface area contributed by atoms with Crippen molar-refractivity contribution in [3.63, 3.8) is 0 Å². The molecule has 1 aliphatic carbocycles. The number of benzene rings is 2. The average molecular weight is 426 g/mol. The molecular formula is C21H20BrN3O2. The molecule has 3 aromatic rings. The monoisotopic (exact) mass is 425 g/mol. The molecule has 1 atom stereocenters. The van der Waals surface area contributed by atoms with Crippen molar-refractivity contribution >= 4 is 39.0 Å². The van der Waals surface area contributed by atoms with Crippen LogP contribution in [0.2, 0.25) is 0 Å². The van der Waals surface area contributed by atoms with Crippen molar-refractivity contribution in [3.05, 3.63) is 63.3 Å². The number of phenolic OH excluding ortho intramolecular Hbond substituents is 1. The Hall–Kier alpha value is -2.60. The largest absolute Gasteiger partial charge is 0.507 e. The predicted molar refractivity (Wildman–Crippen MR) is 110 cm³/mol. The van der Waals surface area contributed by atoms with Gasteiger partial charge in [0, 0.05) is 32.2 Å². The lowest BCUT2D eigenvalue weighted by Crippen LogP contribution is -2.17. The zero-order chi connectivity index (χ0) is 19.0. The first-order chi connectivity index (χ1) is 13.0. The first-order valence-corrected chi connectivity index (χ1v) is 9.76. The van der Waals surface area contributed by atoms with Gasteiger partial charge in [0.1, 0.15) is 5.75 Å². The molecule has 0 saturated heterocycles. The Morgan fingerprint density at radius 2 is 2.19 bits per heavy atom. The molecule has 1 aliphatic rings. The van der Waals surface area contributed by atoms with Crippen LogP contribution in [0.5, 0.6) is 5.75 Å². The van der Waals surface area contributed by atoms with E-state index in [0.29, 0.717) is 17.0 Å². The number of aromatic amines is 1. The lowest BCUT2D eigenvalue weighted by Gasteiger charge is -2.18. The second-order valence-electron chi connectivity index (χ2n) is 7.09. The minimum Gasteiger partial charge on any atom is -0.507 e. The van der Waals surface area contributed by atoms with E-state index in [0.717, 1.165) is 28.2 Å². The van der Waals surface area contributed by atoms with Gasteiger partial charge in [-0.1, -0.05) is 22.9 Å². The van der Waals surface area contributed by atoms with E-state index in [1.807, 2.05) is 12.1 Å². The third kappa shape index (κ3) is 3.62. The van der Waals surface area contributed by atoms with E-state index < -0.39 is 0 Å². The number of nitrogens with one attached hydrogen (secondary N) is 2. The highest BCUT2D eigenvalue weighted by atomic mass is 79.9. The Morgan fingerprint density at radius 3 is 3.04 bits per heavy atom. The fourth-order valence-electron chi connectivity index (χ4n) is 3.59. The summed E-state index contributed by atoms with van der Waals surface area (Å²) < 4.78 is 0.824. The van der Waals surface area contributed by atoms with Crippen LogP contribution in [0.1, 0.15) is 40.5 Å². The number of carbonyl (C=O) groups excluding carboxylic acids is 1. The quantitative estimate of drug-likeness (QED) is 0.425. The number of phenols is 1. The number of carbonyl (C=O) groups is 1. The van der Waals surface area contributed by atoms with Crippen LogP contribution in [0.15, 0.2) is 46.0 Å². The maximum atomic E-state index is 12.5. The molecule has 3 N–H and O–H groups in total. The Kier molecular flexibility index (Phi) is 4.74. The molecule has 6 heteroatoms. The molecule has 138 valence electrons. The summed E-state index contributed by atoms with van der Waals surface area (Å²) in [6.45, 7) is 2.27. The van der Waals surface area contributed by atoms with Gasteiger partial charge in [0.15, 0.2) is 0 Å². The van der Waals surface area contributed by atoms with Crippen LogP contribution < -0.4 is 5.43 Å². The molecule has 4 rings (SSSR count). The summed E-state index contributed by atoms with van der Waals surface area (Å²) in [5, 5.41) is 14.9. The Bertz CT molecular complexity index is 1060. The Balaban J connectivity index is 1.55. The lowest BCUT2D eigenvalue weighted by molar-refractivity contribution is 0.0955. The van der Waals surface area contributed by atoms with Crippen molar-refractivity contribution in [3.8, 4) is 5.75 Å². The summed E-state index contributed by atoms with van der Waals surface area (Å²) in [5.74, 6) is 0.489. The summed E-state index contributed by atoms with van der Waals surface area (Å²) in [4.78, 5) is 16.0. The first kappa shape index (κ1) is 17.8. The van der Waals surface area contributed by atoms with E-state index in [9.17, 15) is 9.90 Å². The van der Waals surface area contributed by atoms with E-state index in [1.54, 1.807) is 24.3 Å². The smallest absolute Gasteiger partial charge is 0.271 e. The molecule has 0 saturated carbocycles. The highest BCUT2D eigenvalue weighted by Gasteiger charge is 2.20. The van der Waals surface area contributed by atoms with Crippen LogP contribution >= 0.6 is 15.9 Å². The zero-order valence-electron chi connectivity index (χ0n) is 14.9. The molecule has 0 aliphatic heterocycles. The van der Waals surface area contributed by atoms with Gasteiger partial charge in [0.25, 0.3) is 5.91 Å². The molecule has 5 nitrogen and oxygen atoms in total. The van der Waals surface area contributed by atoms with Crippen molar-refractivity contribution in [1.29, 1.82) is 0 Å². The number of fused-ring (bicyclic) bond motifs is 3. The number of aromatic nitrogens is 1. The molecule has 0 radical (unpaired) electrons. The summed E-state index contributed by atoms with van der Waals surface area (Å²) in [7, 11) is 0. The van der Waals surface area contributed by atoms with E-state index in [2.05, 4.69) is 38.4 Å². The van der Waals surface area contributed by atoms with Crippen molar-refractivity contribution in [1.82, 2.24) is 10.4 Å². The molecular weight excluding hydrogens is 406 g/mol. The number of aryl methyl sites for hydroxylation is 1. The summed E-state index contributed by atoms with van der Waals surface area (Å²) in [5.41, 5.74) is 7.33. The fraction of sp³-hybridized carbons (Fsp3) is 0.238. The fourth-order valence-corrected chi connectivity index (χ4v) is 3.97. The molecule has 27 heavy (non-hydrogen) atoms. The van der Waals surface area contributed by atoms with Crippen molar-refractivity contribution < 1.29 is 9.90 Å². The maximum Gasteiger partial charge on any atom is 0.271 e.